The summed E-state index contributed by atoms with van der Waals surface area (Å²) in [6, 6.07) is 8.36. The summed E-state index contributed by atoms with van der Waals surface area (Å²) in [6.45, 7) is 1.71. The molecular formula is C23H12O8. The topological polar surface area (TPSA) is 134 Å². The zero-order chi connectivity index (χ0) is 21.6. The molecule has 0 atom stereocenters. The van der Waals surface area contributed by atoms with Crippen LogP contribution in [0.3, 0.4) is 0 Å². The Kier molecular flexibility index (Phi) is 3.13. The van der Waals surface area contributed by atoms with Gasteiger partial charge in [0.1, 0.15) is 16.9 Å². The van der Waals surface area contributed by atoms with E-state index in [9.17, 15) is 24.9 Å². The summed E-state index contributed by atoms with van der Waals surface area (Å²) < 4.78 is 17.3. The Balaban J connectivity index is 1.97. The van der Waals surface area contributed by atoms with Gasteiger partial charge >= 0.3 is 5.63 Å². The van der Waals surface area contributed by atoms with E-state index >= 15 is 0 Å². The molecule has 3 heterocycles. The van der Waals surface area contributed by atoms with Gasteiger partial charge in [-0.25, -0.2) is 4.79 Å². The van der Waals surface area contributed by atoms with E-state index in [1.165, 1.54) is 18.2 Å². The molecule has 0 unspecified atom stereocenters. The number of hydrogen-bond acceptors (Lipinski definition) is 8. The third-order valence-corrected chi connectivity index (χ3v) is 5.51. The number of aryl methyl sites for hydroxylation is 1. The number of rotatable bonds is 1. The SMILES string of the molecule is Cc1cc(-c2oc3cc(=O)cc4oc5c(O)c(O)cc6c(=O)oc2c(c34)c56)ccc1O. The summed E-state index contributed by atoms with van der Waals surface area (Å²) in [7, 11) is 0. The second-order valence-electron chi connectivity index (χ2n) is 7.42. The van der Waals surface area contributed by atoms with Crippen molar-refractivity contribution in [3.8, 4) is 28.6 Å². The Morgan fingerprint density at radius 3 is 2.23 bits per heavy atom. The van der Waals surface area contributed by atoms with Crippen molar-refractivity contribution < 1.29 is 28.6 Å². The molecular weight excluding hydrogens is 404 g/mol. The van der Waals surface area contributed by atoms with Crippen LogP contribution in [-0.2, 0) is 0 Å². The Morgan fingerprint density at radius 1 is 0.742 bits per heavy atom. The van der Waals surface area contributed by atoms with E-state index in [1.54, 1.807) is 19.1 Å². The Labute approximate surface area is 171 Å². The standard InChI is InChI=1S/C23H12O8/c1-8-4-9(2-3-12(8)25)20-22-18-16-11(23(28)31-22)7-13(26)19(27)21(16)30-15-6-10(24)5-14(29-20)17(15)18/h2-7,25-27H,1H3. The molecule has 0 bridgehead atoms. The highest BCUT2D eigenvalue weighted by atomic mass is 16.4. The van der Waals surface area contributed by atoms with Crippen LogP contribution in [0.25, 0.3) is 55.2 Å². The monoisotopic (exact) mass is 416 g/mol. The predicted molar refractivity (Wildman–Crippen MR) is 112 cm³/mol. The second kappa shape index (κ2) is 5.57. The third kappa shape index (κ3) is 2.18. The lowest BCUT2D eigenvalue weighted by molar-refractivity contribution is 0.401. The molecule has 8 nitrogen and oxygen atoms in total. The van der Waals surface area contributed by atoms with Crippen molar-refractivity contribution in [1.82, 2.24) is 0 Å². The molecule has 152 valence electrons. The van der Waals surface area contributed by atoms with Crippen LogP contribution in [0, 0.1) is 6.92 Å². The van der Waals surface area contributed by atoms with Crippen molar-refractivity contribution in [3.05, 3.63) is 62.6 Å². The van der Waals surface area contributed by atoms with Crippen molar-refractivity contribution in [2.75, 3.05) is 0 Å². The summed E-state index contributed by atoms with van der Waals surface area (Å²) in [5, 5.41) is 31.4. The van der Waals surface area contributed by atoms with Gasteiger partial charge in [0.2, 0.25) is 5.75 Å². The zero-order valence-corrected chi connectivity index (χ0v) is 15.8. The molecule has 3 aromatic carbocycles. The van der Waals surface area contributed by atoms with E-state index in [0.29, 0.717) is 21.9 Å². The minimum atomic E-state index is -0.766. The van der Waals surface area contributed by atoms with Crippen LogP contribution in [0.5, 0.6) is 17.2 Å². The Bertz CT molecular complexity index is 1820. The molecule has 6 aromatic rings. The van der Waals surface area contributed by atoms with Crippen LogP contribution in [0.1, 0.15) is 5.56 Å². The van der Waals surface area contributed by atoms with Gasteiger partial charge in [-0.1, -0.05) is 0 Å². The van der Waals surface area contributed by atoms with Gasteiger partial charge in [-0.05, 0) is 36.8 Å². The van der Waals surface area contributed by atoms with Crippen LogP contribution in [0.4, 0.5) is 0 Å². The first-order valence-corrected chi connectivity index (χ1v) is 9.27. The summed E-state index contributed by atoms with van der Waals surface area (Å²) >= 11 is 0. The fourth-order valence-corrected chi connectivity index (χ4v) is 4.08. The minimum Gasteiger partial charge on any atom is -0.508 e. The first kappa shape index (κ1) is 17.4. The molecule has 0 spiro atoms. The number of aromatic hydroxyl groups is 3. The fourth-order valence-electron chi connectivity index (χ4n) is 4.08. The molecule has 0 saturated heterocycles. The molecule has 0 aliphatic rings. The maximum Gasteiger partial charge on any atom is 0.344 e. The van der Waals surface area contributed by atoms with Gasteiger partial charge < -0.3 is 28.6 Å². The molecule has 0 radical (unpaired) electrons. The van der Waals surface area contributed by atoms with E-state index in [1.807, 2.05) is 0 Å². The Hall–Kier alpha value is -4.46. The average Bonchev–Trinajstić information content (AvgIpc) is 2.73. The van der Waals surface area contributed by atoms with Crippen LogP contribution < -0.4 is 11.1 Å². The maximum absolute atomic E-state index is 12.8. The quantitative estimate of drug-likeness (QED) is 0.205. The van der Waals surface area contributed by atoms with Crippen molar-refractivity contribution in [1.29, 1.82) is 0 Å². The van der Waals surface area contributed by atoms with E-state index in [-0.39, 0.29) is 44.6 Å². The lowest BCUT2D eigenvalue weighted by atomic mass is 9.99. The summed E-state index contributed by atoms with van der Waals surface area (Å²) in [5.74, 6) is -0.858. The van der Waals surface area contributed by atoms with Crippen LogP contribution >= 0.6 is 0 Å². The largest absolute Gasteiger partial charge is 0.508 e. The van der Waals surface area contributed by atoms with Crippen LogP contribution in [-0.4, -0.2) is 15.3 Å². The van der Waals surface area contributed by atoms with E-state index < -0.39 is 22.6 Å². The predicted octanol–water partition coefficient (Wildman–Crippen LogP) is 4.33. The highest BCUT2D eigenvalue weighted by Crippen LogP contribution is 2.46. The minimum absolute atomic E-state index is 0.00925. The first-order chi connectivity index (χ1) is 14.8. The molecule has 31 heavy (non-hydrogen) atoms. The first-order valence-electron chi connectivity index (χ1n) is 9.27. The van der Waals surface area contributed by atoms with Crippen molar-refractivity contribution in [2.45, 2.75) is 6.92 Å². The molecule has 0 amide bonds. The molecule has 0 fully saturated rings. The van der Waals surface area contributed by atoms with Gasteiger partial charge in [0.15, 0.2) is 28.1 Å². The molecule has 3 aromatic heterocycles. The lowest BCUT2D eigenvalue weighted by Gasteiger charge is -2.15. The lowest BCUT2D eigenvalue weighted by Crippen LogP contribution is -2.04. The van der Waals surface area contributed by atoms with Gasteiger partial charge in [-0.15, -0.1) is 0 Å². The van der Waals surface area contributed by atoms with Crippen molar-refractivity contribution >= 4 is 43.9 Å². The number of phenolic OH excluding ortho intramolecular Hbond substituents is 3. The number of hydrogen-bond donors (Lipinski definition) is 3. The Morgan fingerprint density at radius 2 is 1.48 bits per heavy atom. The number of benzene rings is 3. The zero-order valence-electron chi connectivity index (χ0n) is 15.8. The summed E-state index contributed by atoms with van der Waals surface area (Å²) in [6.07, 6.45) is 0. The van der Waals surface area contributed by atoms with Crippen molar-refractivity contribution in [2.24, 2.45) is 0 Å². The normalized spacial score (nSPS) is 12.0. The fraction of sp³-hybridized carbons (Fsp3) is 0.0435. The molecule has 3 N–H and O–H groups in total. The number of phenols is 3. The van der Waals surface area contributed by atoms with Gasteiger partial charge in [0.25, 0.3) is 0 Å². The second-order valence-corrected chi connectivity index (χ2v) is 7.42. The van der Waals surface area contributed by atoms with Gasteiger partial charge in [0.05, 0.1) is 10.8 Å². The molecule has 6 rings (SSSR count). The highest BCUT2D eigenvalue weighted by molar-refractivity contribution is 6.28. The average molecular weight is 416 g/mol. The van der Waals surface area contributed by atoms with E-state index in [0.717, 1.165) is 6.07 Å². The highest BCUT2D eigenvalue weighted by Gasteiger charge is 2.26. The third-order valence-electron chi connectivity index (χ3n) is 5.51. The summed E-state index contributed by atoms with van der Waals surface area (Å²) in [4.78, 5) is 25.0. The van der Waals surface area contributed by atoms with E-state index in [2.05, 4.69) is 0 Å². The van der Waals surface area contributed by atoms with Gasteiger partial charge in [0, 0.05) is 28.5 Å². The molecule has 8 heteroatoms. The van der Waals surface area contributed by atoms with Crippen LogP contribution in [0.2, 0.25) is 0 Å². The smallest absolute Gasteiger partial charge is 0.344 e. The van der Waals surface area contributed by atoms with E-state index in [4.69, 9.17) is 13.3 Å². The summed E-state index contributed by atoms with van der Waals surface area (Å²) in [5.41, 5.74) is 0.163. The van der Waals surface area contributed by atoms with Crippen LogP contribution in [0.15, 0.2) is 59.2 Å². The molecule has 0 aliphatic carbocycles. The van der Waals surface area contributed by atoms with Crippen molar-refractivity contribution in [3.63, 3.8) is 0 Å². The van der Waals surface area contributed by atoms with Gasteiger partial charge in [-0.3, -0.25) is 4.79 Å². The molecule has 0 aliphatic heterocycles. The molecule has 0 saturated carbocycles. The maximum atomic E-state index is 12.8. The van der Waals surface area contributed by atoms with Gasteiger partial charge in [-0.2, -0.15) is 0 Å².